The molecule has 6 nitrogen and oxygen atoms in total. The highest BCUT2D eigenvalue weighted by atomic mass is 16.2. The van der Waals surface area contributed by atoms with Crippen LogP contribution in [-0.2, 0) is 12.5 Å². The Balaban J connectivity index is 1.54. The molecule has 3 unspecified atom stereocenters. The Bertz CT molecular complexity index is 801. The maximum Gasteiger partial charge on any atom is 0.269 e. The van der Waals surface area contributed by atoms with Crippen LogP contribution in [0.2, 0.25) is 0 Å². The number of aromatic nitrogens is 2. The Morgan fingerprint density at radius 1 is 1.15 bits per heavy atom. The molecule has 136 valence electrons. The minimum absolute atomic E-state index is 0.0125. The van der Waals surface area contributed by atoms with Crippen molar-refractivity contribution in [2.45, 2.75) is 11.5 Å². The van der Waals surface area contributed by atoms with E-state index in [0.29, 0.717) is 11.6 Å². The largest absolute Gasteiger partial charge is 0.347 e. The first-order valence-electron chi connectivity index (χ1n) is 9.43. The first-order valence-corrected chi connectivity index (χ1v) is 9.43. The number of nitrogens with zero attached hydrogens (tertiary/aromatic N) is 4. The molecule has 4 saturated heterocycles. The molecular formula is C20H25N5O. The Morgan fingerprint density at radius 3 is 2.46 bits per heavy atom. The fraction of sp³-hybridized carbons (Fsp3) is 0.500. The molecule has 1 N–H and O–H groups in total. The zero-order valence-electron chi connectivity index (χ0n) is 15.1. The number of aryl methyl sites for hydroxylation is 1. The summed E-state index contributed by atoms with van der Waals surface area (Å²) in [4.78, 5) is 22.3. The molecule has 6 heteroatoms. The molecule has 0 aliphatic carbocycles. The molecule has 5 heterocycles. The molecule has 0 spiro atoms. The number of amides is 1. The van der Waals surface area contributed by atoms with Crippen molar-refractivity contribution < 1.29 is 4.79 Å². The number of carbonyl (C=O) groups is 1. The number of benzene rings is 1. The van der Waals surface area contributed by atoms with Crippen LogP contribution in [0.5, 0.6) is 0 Å². The van der Waals surface area contributed by atoms with Gasteiger partial charge in [0.2, 0.25) is 0 Å². The Labute approximate surface area is 153 Å². The Hall–Kier alpha value is -2.18. The molecule has 6 rings (SSSR count). The summed E-state index contributed by atoms with van der Waals surface area (Å²) in [6.07, 6.45) is 3.33. The predicted molar refractivity (Wildman–Crippen MR) is 99.0 cm³/mol. The van der Waals surface area contributed by atoms with Crippen LogP contribution in [0.4, 0.5) is 0 Å². The molecular weight excluding hydrogens is 326 g/mol. The molecule has 26 heavy (non-hydrogen) atoms. The van der Waals surface area contributed by atoms with E-state index in [2.05, 4.69) is 50.4 Å². The molecule has 1 amide bonds. The molecule has 1 aromatic heterocycles. The Morgan fingerprint density at radius 2 is 1.85 bits per heavy atom. The summed E-state index contributed by atoms with van der Waals surface area (Å²) in [5, 5.41) is 3.42. The second-order valence-electron chi connectivity index (χ2n) is 8.09. The van der Waals surface area contributed by atoms with E-state index >= 15 is 0 Å². The van der Waals surface area contributed by atoms with E-state index in [9.17, 15) is 4.79 Å². The van der Waals surface area contributed by atoms with Gasteiger partial charge in [0.05, 0.1) is 12.5 Å². The van der Waals surface area contributed by atoms with Gasteiger partial charge in [-0.05, 0) is 5.56 Å². The summed E-state index contributed by atoms with van der Waals surface area (Å²) in [7, 11) is 1.87. The van der Waals surface area contributed by atoms with Gasteiger partial charge in [-0.3, -0.25) is 4.79 Å². The smallest absolute Gasteiger partial charge is 0.269 e. The molecule has 4 fully saturated rings. The van der Waals surface area contributed by atoms with Gasteiger partial charge in [-0.25, -0.2) is 4.98 Å². The van der Waals surface area contributed by atoms with Crippen LogP contribution in [0.3, 0.4) is 0 Å². The highest BCUT2D eigenvalue weighted by molar-refractivity contribution is 5.92. The van der Waals surface area contributed by atoms with Gasteiger partial charge >= 0.3 is 0 Å². The van der Waals surface area contributed by atoms with Crippen molar-refractivity contribution in [3.63, 3.8) is 0 Å². The summed E-state index contributed by atoms with van der Waals surface area (Å²) in [6.45, 7) is 6.44. The molecule has 1 aromatic carbocycles. The van der Waals surface area contributed by atoms with E-state index in [4.69, 9.17) is 0 Å². The molecule has 3 atom stereocenters. The zero-order chi connectivity index (χ0) is 17.7. The van der Waals surface area contributed by atoms with Crippen LogP contribution < -0.4 is 5.32 Å². The van der Waals surface area contributed by atoms with Crippen LogP contribution >= 0.6 is 0 Å². The van der Waals surface area contributed by atoms with Gasteiger partial charge in [0.25, 0.3) is 5.91 Å². The highest BCUT2D eigenvalue weighted by Crippen LogP contribution is 2.43. The number of rotatable bonds is 3. The van der Waals surface area contributed by atoms with Gasteiger partial charge < -0.3 is 19.7 Å². The third kappa shape index (κ3) is 2.40. The molecule has 4 aliphatic rings. The van der Waals surface area contributed by atoms with Gasteiger partial charge in [-0.15, -0.1) is 0 Å². The van der Waals surface area contributed by atoms with Crippen molar-refractivity contribution in [1.82, 2.24) is 24.7 Å². The minimum atomic E-state index is -0.0484. The number of carbonyl (C=O) groups excluding carboxylic acids is 1. The maximum atomic E-state index is 13.0. The predicted octanol–water partition coefficient (Wildman–Crippen LogP) is 0.718. The van der Waals surface area contributed by atoms with Gasteiger partial charge in [0.15, 0.2) is 0 Å². The average molecular weight is 351 g/mol. The second-order valence-corrected chi connectivity index (χ2v) is 8.09. The van der Waals surface area contributed by atoms with Crippen LogP contribution in [0.25, 0.3) is 0 Å². The molecule has 0 saturated carbocycles. The van der Waals surface area contributed by atoms with Crippen molar-refractivity contribution in [2.75, 3.05) is 39.3 Å². The van der Waals surface area contributed by atoms with Crippen molar-refractivity contribution in [2.24, 2.45) is 13.0 Å². The number of hydrogen-bond acceptors (Lipinski definition) is 4. The van der Waals surface area contributed by atoms with E-state index in [-0.39, 0.29) is 17.4 Å². The van der Waals surface area contributed by atoms with E-state index in [1.54, 1.807) is 17.1 Å². The number of hydrogen-bond donors (Lipinski definition) is 1. The summed E-state index contributed by atoms with van der Waals surface area (Å²) < 4.78 is 1.79. The third-order valence-corrected chi connectivity index (χ3v) is 6.48. The van der Waals surface area contributed by atoms with E-state index in [1.165, 1.54) is 5.56 Å². The lowest BCUT2D eigenvalue weighted by atomic mass is 9.64. The second kappa shape index (κ2) is 5.93. The van der Waals surface area contributed by atoms with Crippen LogP contribution in [0.1, 0.15) is 16.1 Å². The average Bonchev–Trinajstić information content (AvgIpc) is 2.92. The van der Waals surface area contributed by atoms with Crippen LogP contribution in [-0.4, -0.2) is 70.6 Å². The first kappa shape index (κ1) is 16.0. The fourth-order valence-corrected chi connectivity index (χ4v) is 5.36. The lowest BCUT2D eigenvalue weighted by Crippen LogP contribution is -2.70. The summed E-state index contributed by atoms with van der Waals surface area (Å²) in [5.74, 6) is 0.443. The highest BCUT2D eigenvalue weighted by Gasteiger charge is 2.55. The zero-order valence-corrected chi connectivity index (χ0v) is 15.1. The maximum absolute atomic E-state index is 13.0. The first-order chi connectivity index (χ1) is 12.7. The number of fused-ring (bicyclic) bond motifs is 1. The van der Waals surface area contributed by atoms with Gasteiger partial charge in [0, 0.05) is 63.7 Å². The molecule has 0 radical (unpaired) electrons. The number of imidazole rings is 1. The summed E-state index contributed by atoms with van der Waals surface area (Å²) >= 11 is 0. The van der Waals surface area contributed by atoms with Gasteiger partial charge in [-0.1, -0.05) is 30.3 Å². The summed E-state index contributed by atoms with van der Waals surface area (Å²) in [5.41, 5.74) is 1.92. The SMILES string of the molecule is Cn1cncc1C(=O)NC1C2CN3CCN(C2)CC1(c1ccccc1)C3. The van der Waals surface area contributed by atoms with E-state index < -0.39 is 0 Å². The van der Waals surface area contributed by atoms with Gasteiger partial charge in [0.1, 0.15) is 5.69 Å². The summed E-state index contributed by atoms with van der Waals surface area (Å²) in [6, 6.07) is 10.9. The monoisotopic (exact) mass is 351 g/mol. The molecule has 2 aromatic rings. The number of nitrogens with one attached hydrogen (secondary N) is 1. The van der Waals surface area contributed by atoms with Crippen LogP contribution in [0, 0.1) is 5.92 Å². The minimum Gasteiger partial charge on any atom is -0.347 e. The molecule has 4 bridgehead atoms. The van der Waals surface area contributed by atoms with Crippen LogP contribution in [0.15, 0.2) is 42.9 Å². The lowest BCUT2D eigenvalue weighted by Gasteiger charge is -2.55. The van der Waals surface area contributed by atoms with Crippen molar-refractivity contribution in [3.05, 3.63) is 54.1 Å². The van der Waals surface area contributed by atoms with Crippen molar-refractivity contribution in [3.8, 4) is 0 Å². The van der Waals surface area contributed by atoms with Crippen molar-refractivity contribution in [1.29, 1.82) is 0 Å². The third-order valence-electron chi connectivity index (χ3n) is 6.48. The van der Waals surface area contributed by atoms with Crippen molar-refractivity contribution >= 4 is 5.91 Å². The standard InChI is InChI=1S/C20H25N5O/c1-23-14-21-9-17(23)19(26)22-18-15-10-24-7-8-25(11-15)13-20(18,12-24)16-5-3-2-4-6-16/h2-6,9,14-15,18H,7-8,10-13H2,1H3,(H,22,26). The molecule has 4 aliphatic heterocycles. The normalized spacial score (nSPS) is 35.3. The number of piperidine rings is 2. The fourth-order valence-electron chi connectivity index (χ4n) is 5.36. The lowest BCUT2D eigenvalue weighted by molar-refractivity contribution is 0.0179. The topological polar surface area (TPSA) is 53.4 Å². The quantitative estimate of drug-likeness (QED) is 0.885. The van der Waals surface area contributed by atoms with E-state index in [1.807, 2.05) is 7.05 Å². The van der Waals surface area contributed by atoms with E-state index in [0.717, 1.165) is 39.3 Å². The van der Waals surface area contributed by atoms with Gasteiger partial charge in [-0.2, -0.15) is 0 Å². The Kier molecular flexibility index (Phi) is 3.65.